The van der Waals surface area contributed by atoms with Gasteiger partial charge < -0.3 is 5.11 Å². The van der Waals surface area contributed by atoms with Crippen molar-refractivity contribution in [3.63, 3.8) is 0 Å². The number of halogens is 2. The summed E-state index contributed by atoms with van der Waals surface area (Å²) in [7, 11) is 0. The topological polar surface area (TPSA) is 68.0 Å². The first-order chi connectivity index (χ1) is 9.04. The van der Waals surface area contributed by atoms with E-state index in [2.05, 4.69) is 10.3 Å². The van der Waals surface area contributed by atoms with Crippen LogP contribution in [-0.2, 0) is 17.8 Å². The molecule has 0 fully saturated rings. The van der Waals surface area contributed by atoms with Gasteiger partial charge in [0.05, 0.1) is 18.7 Å². The van der Waals surface area contributed by atoms with E-state index in [1.807, 2.05) is 0 Å². The molecule has 0 saturated heterocycles. The number of carboxylic acids is 1. The number of carbonyl (C=O) groups is 1. The van der Waals surface area contributed by atoms with Crippen LogP contribution in [0.25, 0.3) is 0 Å². The summed E-state index contributed by atoms with van der Waals surface area (Å²) in [5.74, 6) is -1.26. The van der Waals surface area contributed by atoms with Crippen LogP contribution in [0.1, 0.15) is 17.7 Å². The smallest absolute Gasteiger partial charge is 0.303 e. The molecule has 0 atom stereocenters. The van der Waals surface area contributed by atoms with Crippen molar-refractivity contribution in [2.24, 2.45) is 0 Å². The van der Waals surface area contributed by atoms with Gasteiger partial charge in [-0.1, -0.05) is 16.8 Å². The number of benzene rings is 1. The van der Waals surface area contributed by atoms with Crippen molar-refractivity contribution in [2.45, 2.75) is 19.4 Å². The molecule has 100 valence electrons. The Morgan fingerprint density at radius 3 is 3.00 bits per heavy atom. The van der Waals surface area contributed by atoms with Gasteiger partial charge >= 0.3 is 5.97 Å². The molecule has 0 spiro atoms. The number of aryl methyl sites for hydroxylation is 1. The van der Waals surface area contributed by atoms with Crippen molar-refractivity contribution >= 4 is 17.6 Å². The molecular weight excluding hydrogens is 273 g/mol. The van der Waals surface area contributed by atoms with Gasteiger partial charge in [-0.2, -0.15) is 0 Å². The number of nitrogens with zero attached hydrogens (tertiary/aromatic N) is 3. The van der Waals surface area contributed by atoms with E-state index >= 15 is 0 Å². The normalized spacial score (nSPS) is 10.6. The van der Waals surface area contributed by atoms with Crippen molar-refractivity contribution in [1.82, 2.24) is 15.0 Å². The van der Waals surface area contributed by atoms with E-state index < -0.39 is 5.97 Å². The van der Waals surface area contributed by atoms with Crippen molar-refractivity contribution in [3.8, 4) is 0 Å². The summed E-state index contributed by atoms with van der Waals surface area (Å²) >= 11 is 5.80. The van der Waals surface area contributed by atoms with Gasteiger partial charge in [-0.15, -0.1) is 5.10 Å². The summed E-state index contributed by atoms with van der Waals surface area (Å²) in [6.45, 7) is 0.201. The molecule has 0 aliphatic carbocycles. The lowest BCUT2D eigenvalue weighted by Crippen LogP contribution is -2.02. The zero-order valence-corrected chi connectivity index (χ0v) is 10.6. The van der Waals surface area contributed by atoms with Crippen LogP contribution in [0.15, 0.2) is 24.4 Å². The van der Waals surface area contributed by atoms with Crippen LogP contribution in [0.2, 0.25) is 5.02 Å². The first-order valence-electron chi connectivity index (χ1n) is 5.59. The highest BCUT2D eigenvalue weighted by atomic mass is 35.5. The average molecular weight is 284 g/mol. The van der Waals surface area contributed by atoms with Gasteiger partial charge in [0.15, 0.2) is 0 Å². The van der Waals surface area contributed by atoms with E-state index in [1.165, 1.54) is 22.9 Å². The molecule has 1 N–H and O–H groups in total. The van der Waals surface area contributed by atoms with E-state index in [4.69, 9.17) is 16.7 Å². The van der Waals surface area contributed by atoms with E-state index in [-0.39, 0.29) is 18.8 Å². The minimum absolute atomic E-state index is 0.00970. The van der Waals surface area contributed by atoms with Crippen LogP contribution in [0.5, 0.6) is 0 Å². The quantitative estimate of drug-likeness (QED) is 0.913. The van der Waals surface area contributed by atoms with Crippen molar-refractivity contribution in [2.75, 3.05) is 0 Å². The lowest BCUT2D eigenvalue weighted by atomic mass is 10.2. The van der Waals surface area contributed by atoms with Gasteiger partial charge in [0.25, 0.3) is 0 Å². The Balaban J connectivity index is 2.07. The minimum Gasteiger partial charge on any atom is -0.481 e. The summed E-state index contributed by atoms with van der Waals surface area (Å²) in [4.78, 5) is 10.4. The fourth-order valence-corrected chi connectivity index (χ4v) is 1.80. The first-order valence-corrected chi connectivity index (χ1v) is 5.97. The Hall–Kier alpha value is -1.95. The van der Waals surface area contributed by atoms with Gasteiger partial charge in [-0.05, 0) is 18.2 Å². The largest absolute Gasteiger partial charge is 0.481 e. The number of aliphatic carboxylic acids is 1. The molecule has 0 amide bonds. The molecule has 7 heteroatoms. The van der Waals surface area contributed by atoms with Crippen LogP contribution in [0.4, 0.5) is 4.39 Å². The summed E-state index contributed by atoms with van der Waals surface area (Å²) < 4.78 is 15.0. The highest BCUT2D eigenvalue weighted by Gasteiger charge is 2.07. The molecule has 0 aliphatic rings. The molecule has 1 heterocycles. The number of hydrogen-bond donors (Lipinski definition) is 1. The lowest BCUT2D eigenvalue weighted by molar-refractivity contribution is -0.136. The van der Waals surface area contributed by atoms with Crippen molar-refractivity contribution in [1.29, 1.82) is 0 Å². The Morgan fingerprint density at radius 1 is 1.47 bits per heavy atom. The van der Waals surface area contributed by atoms with Crippen LogP contribution in [-0.4, -0.2) is 26.1 Å². The Labute approximate surface area is 113 Å². The molecule has 0 aliphatic heterocycles. The number of hydrogen-bond acceptors (Lipinski definition) is 3. The van der Waals surface area contributed by atoms with Crippen molar-refractivity contribution < 1.29 is 14.3 Å². The van der Waals surface area contributed by atoms with Crippen LogP contribution in [0.3, 0.4) is 0 Å². The Kier molecular flexibility index (Phi) is 4.11. The second-order valence-corrected chi connectivity index (χ2v) is 4.47. The van der Waals surface area contributed by atoms with Gasteiger partial charge in [-0.25, -0.2) is 9.07 Å². The van der Waals surface area contributed by atoms with Gasteiger partial charge in [-0.3, -0.25) is 4.79 Å². The van der Waals surface area contributed by atoms with E-state index in [0.717, 1.165) is 0 Å². The molecule has 0 saturated carbocycles. The molecule has 19 heavy (non-hydrogen) atoms. The lowest BCUT2D eigenvalue weighted by Gasteiger charge is -2.03. The zero-order chi connectivity index (χ0) is 13.8. The van der Waals surface area contributed by atoms with Gasteiger partial charge in [0.1, 0.15) is 5.82 Å². The highest BCUT2D eigenvalue weighted by Crippen LogP contribution is 2.15. The maximum absolute atomic E-state index is 13.5. The number of aromatic nitrogens is 3. The molecule has 5 nitrogen and oxygen atoms in total. The predicted octanol–water partition coefficient (Wildman–Crippen LogP) is 2.14. The highest BCUT2D eigenvalue weighted by molar-refractivity contribution is 6.30. The number of rotatable bonds is 5. The Bertz CT molecular complexity index is 600. The Morgan fingerprint density at radius 2 is 2.26 bits per heavy atom. The molecule has 1 aromatic carbocycles. The standard InChI is InChI=1S/C12H11ClFN3O2/c13-9-1-3-11(14)8(5-9)6-17-7-10(15-16-17)2-4-12(18)19/h1,3,5,7H,2,4,6H2,(H,18,19). The third-order valence-corrected chi connectivity index (χ3v) is 2.76. The molecule has 0 radical (unpaired) electrons. The van der Waals surface area contributed by atoms with Crippen LogP contribution < -0.4 is 0 Å². The van der Waals surface area contributed by atoms with Gasteiger partial charge in [0, 0.05) is 23.2 Å². The maximum Gasteiger partial charge on any atom is 0.303 e. The van der Waals surface area contributed by atoms with E-state index in [0.29, 0.717) is 22.7 Å². The fourth-order valence-electron chi connectivity index (χ4n) is 1.60. The van der Waals surface area contributed by atoms with Crippen LogP contribution in [0, 0.1) is 5.82 Å². The molecule has 2 aromatic rings. The van der Waals surface area contributed by atoms with Crippen molar-refractivity contribution in [3.05, 3.63) is 46.5 Å². The molecule has 1 aromatic heterocycles. The summed E-state index contributed by atoms with van der Waals surface area (Å²) in [6, 6.07) is 4.29. The molecule has 0 unspecified atom stereocenters. The second kappa shape index (κ2) is 5.79. The van der Waals surface area contributed by atoms with E-state index in [1.54, 1.807) is 6.20 Å². The maximum atomic E-state index is 13.5. The van der Waals surface area contributed by atoms with Crippen LogP contribution >= 0.6 is 11.6 Å². The fraction of sp³-hybridized carbons (Fsp3) is 0.250. The predicted molar refractivity (Wildman–Crippen MR) is 66.5 cm³/mol. The number of carboxylic acid groups (broad SMARTS) is 1. The third-order valence-electron chi connectivity index (χ3n) is 2.52. The minimum atomic E-state index is -0.893. The third kappa shape index (κ3) is 3.75. The van der Waals surface area contributed by atoms with E-state index in [9.17, 15) is 9.18 Å². The molecular formula is C12H11ClFN3O2. The monoisotopic (exact) mass is 283 g/mol. The van der Waals surface area contributed by atoms with Gasteiger partial charge in [0.2, 0.25) is 0 Å². The average Bonchev–Trinajstić information content (AvgIpc) is 2.79. The summed E-state index contributed by atoms with van der Waals surface area (Å²) in [6.07, 6.45) is 1.89. The molecule has 0 bridgehead atoms. The SMILES string of the molecule is O=C(O)CCc1cn(Cc2cc(Cl)ccc2F)nn1. The second-order valence-electron chi connectivity index (χ2n) is 4.04. The first kappa shape index (κ1) is 13.5. The molecule has 2 rings (SSSR count). The summed E-state index contributed by atoms with van der Waals surface area (Å²) in [5, 5.41) is 16.7. The zero-order valence-electron chi connectivity index (χ0n) is 9.88. The summed E-state index contributed by atoms with van der Waals surface area (Å²) in [5.41, 5.74) is 0.965.